The van der Waals surface area contributed by atoms with Crippen molar-refractivity contribution in [2.45, 2.75) is 13.3 Å². The molecular formula is C20H22Cl2N4O3S. The smallest absolute Gasteiger partial charge is 0.273 e. The predicted octanol–water partition coefficient (Wildman–Crippen LogP) is 5.19. The summed E-state index contributed by atoms with van der Waals surface area (Å²) in [5, 5.41) is 12.4. The third-order valence-corrected chi connectivity index (χ3v) is 5.81. The molecule has 160 valence electrons. The van der Waals surface area contributed by atoms with Gasteiger partial charge in [-0.1, -0.05) is 29.0 Å². The fourth-order valence-corrected chi connectivity index (χ4v) is 4.30. The van der Waals surface area contributed by atoms with Crippen LogP contribution >= 0.6 is 35.3 Å². The van der Waals surface area contributed by atoms with Gasteiger partial charge in [-0.15, -0.1) is 12.4 Å². The van der Waals surface area contributed by atoms with Gasteiger partial charge in [0.2, 0.25) is 0 Å². The summed E-state index contributed by atoms with van der Waals surface area (Å²) < 4.78 is 0.883. The van der Waals surface area contributed by atoms with Crippen LogP contribution < -0.4 is 4.90 Å². The van der Waals surface area contributed by atoms with E-state index in [1.54, 1.807) is 24.0 Å². The van der Waals surface area contributed by atoms with E-state index >= 15 is 0 Å². The number of amides is 1. The fraction of sp³-hybridized carbons (Fsp3) is 0.300. The van der Waals surface area contributed by atoms with E-state index in [0.717, 1.165) is 23.2 Å². The van der Waals surface area contributed by atoms with Crippen molar-refractivity contribution >= 4 is 62.3 Å². The maximum absolute atomic E-state index is 13.4. The SMILES string of the molecule is Cc1c(C(=O)N(CCCN(C)C)c2nc3ccc(Cl)cc3s2)cccc1[N+](=O)[O-].Cl. The molecule has 7 nitrogen and oxygen atoms in total. The highest BCUT2D eigenvalue weighted by Gasteiger charge is 2.25. The number of carbonyl (C=O) groups excluding carboxylic acids is 1. The van der Waals surface area contributed by atoms with E-state index in [0.29, 0.717) is 27.8 Å². The summed E-state index contributed by atoms with van der Waals surface area (Å²) in [6.45, 7) is 2.85. The van der Waals surface area contributed by atoms with Gasteiger partial charge < -0.3 is 4.90 Å². The van der Waals surface area contributed by atoms with E-state index in [-0.39, 0.29) is 24.0 Å². The Morgan fingerprint density at radius 2 is 1.97 bits per heavy atom. The molecule has 0 fully saturated rings. The van der Waals surface area contributed by atoms with Gasteiger partial charge in [0.15, 0.2) is 5.13 Å². The van der Waals surface area contributed by atoms with Crippen molar-refractivity contribution < 1.29 is 9.72 Å². The van der Waals surface area contributed by atoms with Gasteiger partial charge in [0.05, 0.1) is 15.1 Å². The molecule has 0 aliphatic carbocycles. The zero-order chi connectivity index (χ0) is 21.1. The molecule has 30 heavy (non-hydrogen) atoms. The van der Waals surface area contributed by atoms with E-state index in [9.17, 15) is 14.9 Å². The van der Waals surface area contributed by atoms with Gasteiger partial charge in [-0.2, -0.15) is 0 Å². The highest BCUT2D eigenvalue weighted by molar-refractivity contribution is 7.22. The van der Waals surface area contributed by atoms with Crippen molar-refractivity contribution in [3.8, 4) is 0 Å². The topological polar surface area (TPSA) is 79.6 Å². The molecule has 0 radical (unpaired) electrons. The second-order valence-corrected chi connectivity index (χ2v) is 8.37. The molecule has 3 rings (SSSR count). The molecular weight excluding hydrogens is 447 g/mol. The Morgan fingerprint density at radius 3 is 2.63 bits per heavy atom. The van der Waals surface area contributed by atoms with Crippen LogP contribution in [0.3, 0.4) is 0 Å². The molecule has 0 aliphatic heterocycles. The highest BCUT2D eigenvalue weighted by Crippen LogP contribution is 2.32. The van der Waals surface area contributed by atoms with Crippen molar-refractivity contribution in [2.75, 3.05) is 32.1 Å². The zero-order valence-corrected chi connectivity index (χ0v) is 19.2. The van der Waals surface area contributed by atoms with Gasteiger partial charge in [-0.3, -0.25) is 19.8 Å². The number of aromatic nitrogens is 1. The van der Waals surface area contributed by atoms with Crippen LogP contribution in [0.25, 0.3) is 10.2 Å². The Balaban J connectivity index is 0.00000320. The number of nitro benzene ring substituents is 1. The van der Waals surface area contributed by atoms with Crippen LogP contribution in [0.1, 0.15) is 22.3 Å². The maximum Gasteiger partial charge on any atom is 0.273 e. The van der Waals surface area contributed by atoms with Crippen LogP contribution in [0, 0.1) is 17.0 Å². The minimum absolute atomic E-state index is 0. The number of nitrogens with zero attached hydrogens (tertiary/aromatic N) is 4. The third-order valence-electron chi connectivity index (χ3n) is 4.53. The van der Waals surface area contributed by atoms with E-state index in [1.165, 1.54) is 23.5 Å². The summed E-state index contributed by atoms with van der Waals surface area (Å²) in [5.41, 5.74) is 1.35. The quantitative estimate of drug-likeness (QED) is 0.352. The lowest BCUT2D eigenvalue weighted by Gasteiger charge is -2.21. The molecule has 0 spiro atoms. The number of fused-ring (bicyclic) bond motifs is 1. The number of rotatable bonds is 7. The Labute approximate surface area is 189 Å². The second kappa shape index (κ2) is 10.2. The molecule has 0 unspecified atom stereocenters. The average Bonchev–Trinajstić information content (AvgIpc) is 3.07. The van der Waals surface area contributed by atoms with Crippen molar-refractivity contribution in [2.24, 2.45) is 0 Å². The summed E-state index contributed by atoms with van der Waals surface area (Å²) in [5.74, 6) is -0.296. The Hall–Kier alpha value is -2.26. The average molecular weight is 469 g/mol. The zero-order valence-electron chi connectivity index (χ0n) is 16.8. The minimum atomic E-state index is -0.470. The molecule has 0 saturated heterocycles. The van der Waals surface area contributed by atoms with Crippen LogP contribution in [0.5, 0.6) is 0 Å². The van der Waals surface area contributed by atoms with Crippen molar-refractivity contribution in [1.82, 2.24) is 9.88 Å². The van der Waals surface area contributed by atoms with Gasteiger partial charge in [0, 0.05) is 28.8 Å². The number of hydrogen-bond acceptors (Lipinski definition) is 6. The van der Waals surface area contributed by atoms with E-state index in [2.05, 4.69) is 4.98 Å². The third kappa shape index (κ3) is 5.26. The summed E-state index contributed by atoms with van der Waals surface area (Å²) in [6, 6.07) is 9.96. The molecule has 0 saturated carbocycles. The lowest BCUT2D eigenvalue weighted by Crippen LogP contribution is -2.34. The van der Waals surface area contributed by atoms with E-state index in [1.807, 2.05) is 31.1 Å². The maximum atomic E-state index is 13.4. The summed E-state index contributed by atoms with van der Waals surface area (Å²) in [6.07, 6.45) is 0.739. The largest absolute Gasteiger partial charge is 0.309 e. The lowest BCUT2D eigenvalue weighted by molar-refractivity contribution is -0.385. The first-order valence-electron chi connectivity index (χ1n) is 9.04. The number of halogens is 2. The van der Waals surface area contributed by atoms with Crippen LogP contribution in [0.2, 0.25) is 5.02 Å². The first kappa shape index (κ1) is 24.0. The van der Waals surface area contributed by atoms with Gasteiger partial charge in [0.25, 0.3) is 11.6 Å². The molecule has 1 heterocycles. The Bertz CT molecular complexity index is 1070. The fourth-order valence-electron chi connectivity index (χ4n) is 3.03. The van der Waals surface area contributed by atoms with Gasteiger partial charge in [-0.25, -0.2) is 4.98 Å². The number of anilines is 1. The van der Waals surface area contributed by atoms with Gasteiger partial charge in [-0.05, 0) is 58.3 Å². The Kier molecular flexibility index (Phi) is 8.14. The normalized spacial score (nSPS) is 10.8. The molecule has 1 aromatic heterocycles. The van der Waals surface area contributed by atoms with Crippen LogP contribution in [-0.4, -0.2) is 47.9 Å². The van der Waals surface area contributed by atoms with E-state index in [4.69, 9.17) is 11.6 Å². The second-order valence-electron chi connectivity index (χ2n) is 6.93. The molecule has 0 atom stereocenters. The van der Waals surface area contributed by atoms with Gasteiger partial charge >= 0.3 is 0 Å². The predicted molar refractivity (Wildman–Crippen MR) is 125 cm³/mol. The monoisotopic (exact) mass is 468 g/mol. The molecule has 0 N–H and O–H groups in total. The number of benzene rings is 2. The van der Waals surface area contributed by atoms with Crippen molar-refractivity contribution in [1.29, 1.82) is 0 Å². The highest BCUT2D eigenvalue weighted by atomic mass is 35.5. The summed E-state index contributed by atoms with van der Waals surface area (Å²) >= 11 is 7.46. The molecule has 0 aliphatic rings. The number of nitro groups is 1. The number of thiazole rings is 1. The first-order chi connectivity index (χ1) is 13.8. The lowest BCUT2D eigenvalue weighted by atomic mass is 10.1. The van der Waals surface area contributed by atoms with Crippen LogP contribution in [0.4, 0.5) is 10.8 Å². The first-order valence-corrected chi connectivity index (χ1v) is 10.2. The Morgan fingerprint density at radius 1 is 1.23 bits per heavy atom. The minimum Gasteiger partial charge on any atom is -0.309 e. The molecule has 10 heteroatoms. The molecule has 0 bridgehead atoms. The molecule has 3 aromatic rings. The number of hydrogen-bond donors (Lipinski definition) is 0. The summed E-state index contributed by atoms with van der Waals surface area (Å²) in [4.78, 5) is 32.5. The van der Waals surface area contributed by atoms with Gasteiger partial charge in [0.1, 0.15) is 0 Å². The van der Waals surface area contributed by atoms with Crippen molar-refractivity contribution in [3.63, 3.8) is 0 Å². The molecule has 1 amide bonds. The number of carbonyl (C=O) groups is 1. The molecule has 2 aromatic carbocycles. The standard InChI is InChI=1S/C20H21ClN4O3S.ClH/c1-13-15(6-4-7-17(13)25(27)28)19(26)24(11-5-10-23(2)3)20-22-16-9-8-14(21)12-18(16)29-20;/h4,6-9,12H,5,10-11H2,1-3H3;1H. The van der Waals surface area contributed by atoms with Crippen molar-refractivity contribution in [3.05, 3.63) is 62.7 Å². The summed E-state index contributed by atoms with van der Waals surface area (Å²) in [7, 11) is 3.94. The van der Waals surface area contributed by atoms with E-state index < -0.39 is 4.92 Å². The van der Waals surface area contributed by atoms with Crippen LogP contribution in [0.15, 0.2) is 36.4 Å². The van der Waals surface area contributed by atoms with Crippen LogP contribution in [-0.2, 0) is 0 Å².